The summed E-state index contributed by atoms with van der Waals surface area (Å²) in [5, 5.41) is 20.7. The molecule has 5 nitrogen and oxygen atoms in total. The highest BCUT2D eigenvalue weighted by Crippen LogP contribution is 2.52. The van der Waals surface area contributed by atoms with Gasteiger partial charge >= 0.3 is 5.97 Å². The van der Waals surface area contributed by atoms with Gasteiger partial charge in [-0.2, -0.15) is 0 Å². The van der Waals surface area contributed by atoms with E-state index in [1.807, 2.05) is 24.5 Å². The molecule has 0 bridgehead atoms. The fraction of sp³-hybridized carbons (Fsp3) is 0.222. The lowest BCUT2D eigenvalue weighted by Gasteiger charge is -2.43. The van der Waals surface area contributed by atoms with E-state index in [2.05, 4.69) is 0 Å². The van der Waals surface area contributed by atoms with E-state index in [0.717, 1.165) is 11.8 Å². The minimum absolute atomic E-state index is 0.00435. The van der Waals surface area contributed by atoms with E-state index >= 15 is 4.39 Å². The summed E-state index contributed by atoms with van der Waals surface area (Å²) in [6.07, 6.45) is 0. The van der Waals surface area contributed by atoms with Gasteiger partial charge in [0.25, 0.3) is 0 Å². The van der Waals surface area contributed by atoms with E-state index in [4.69, 9.17) is 4.74 Å². The molecule has 34 heavy (non-hydrogen) atoms. The van der Waals surface area contributed by atoms with Gasteiger partial charge in [-0.3, -0.25) is 0 Å². The third-order valence-corrected chi connectivity index (χ3v) is 6.63. The Bertz CT molecular complexity index is 1460. The Morgan fingerprint density at radius 3 is 2.38 bits per heavy atom. The maximum Gasteiger partial charge on any atom is 0.335 e. The topological polar surface area (TPSA) is 71.7 Å². The predicted octanol–water partition coefficient (Wildman–Crippen LogP) is 5.88. The van der Waals surface area contributed by atoms with Crippen LogP contribution in [0.15, 0.2) is 60.7 Å². The van der Waals surface area contributed by atoms with E-state index in [0.29, 0.717) is 22.2 Å². The summed E-state index contributed by atoms with van der Waals surface area (Å²) in [4.78, 5) is 11.3. The molecule has 5 rings (SSSR count). The normalized spacial score (nSPS) is 19.2. The Kier molecular flexibility index (Phi) is 4.81. The molecule has 3 aromatic carbocycles. The summed E-state index contributed by atoms with van der Waals surface area (Å²) < 4.78 is 37.4. The van der Waals surface area contributed by atoms with Gasteiger partial charge in [-0.25, -0.2) is 13.6 Å². The Morgan fingerprint density at radius 1 is 1.03 bits per heavy atom. The maximum atomic E-state index is 15.3. The molecule has 1 unspecified atom stereocenters. The number of carboxylic acid groups (broad SMARTS) is 1. The first-order chi connectivity index (χ1) is 16.0. The lowest BCUT2D eigenvalue weighted by molar-refractivity contribution is -0.0456. The van der Waals surface area contributed by atoms with Crippen molar-refractivity contribution in [2.24, 2.45) is 0 Å². The number of hydrogen-bond donors (Lipinski definition) is 2. The van der Waals surface area contributed by atoms with Crippen molar-refractivity contribution in [2.75, 3.05) is 6.61 Å². The molecule has 2 heterocycles. The second-order valence-corrected chi connectivity index (χ2v) is 9.41. The van der Waals surface area contributed by atoms with Crippen LogP contribution in [0.4, 0.5) is 8.78 Å². The highest BCUT2D eigenvalue weighted by Gasteiger charge is 2.48. The average Bonchev–Trinajstić information content (AvgIpc) is 3.16. The van der Waals surface area contributed by atoms with Crippen LogP contribution in [0.25, 0.3) is 16.6 Å². The van der Waals surface area contributed by atoms with Crippen LogP contribution in [0.5, 0.6) is 5.75 Å². The van der Waals surface area contributed by atoms with E-state index in [9.17, 15) is 19.4 Å². The zero-order valence-corrected chi connectivity index (χ0v) is 18.9. The monoisotopic (exact) mass is 463 g/mol. The van der Waals surface area contributed by atoms with Crippen LogP contribution in [0.2, 0.25) is 0 Å². The number of carbonyl (C=O) groups is 1. The van der Waals surface area contributed by atoms with Crippen LogP contribution in [0, 0.1) is 11.6 Å². The number of halogens is 2. The summed E-state index contributed by atoms with van der Waals surface area (Å²) >= 11 is 0. The molecule has 7 heteroatoms. The van der Waals surface area contributed by atoms with Crippen molar-refractivity contribution in [3.63, 3.8) is 0 Å². The number of aromatic nitrogens is 1. The third-order valence-electron chi connectivity index (χ3n) is 6.63. The molecule has 0 amide bonds. The van der Waals surface area contributed by atoms with Crippen molar-refractivity contribution in [2.45, 2.75) is 31.8 Å². The number of phenols is 1. The molecule has 0 radical (unpaired) electrons. The number of rotatable bonds is 3. The predicted molar refractivity (Wildman–Crippen MR) is 124 cm³/mol. The zero-order chi connectivity index (χ0) is 24.4. The van der Waals surface area contributed by atoms with Crippen LogP contribution >= 0.6 is 0 Å². The molecular formula is C27H23F2NO4. The van der Waals surface area contributed by atoms with Gasteiger partial charge in [0.05, 0.1) is 17.7 Å². The molecule has 174 valence electrons. The summed E-state index contributed by atoms with van der Waals surface area (Å²) in [6, 6.07) is 14.9. The minimum atomic E-state index is -1.33. The zero-order valence-electron chi connectivity index (χ0n) is 18.9. The standard InChI is InChI=1S/C27H23F2NO4/c1-26(2)14-34-27(3,18-12-7-15(25(32)33)13-19(18)29)23-22-20(5-4-6-21(22)31)30(24(23)26)17-10-8-16(28)9-11-17/h4-13,31H,14H2,1-3H3,(H,32,33). The largest absolute Gasteiger partial charge is 0.507 e. The molecule has 1 aliphatic rings. The molecule has 4 aromatic rings. The fourth-order valence-corrected chi connectivity index (χ4v) is 5.00. The van der Waals surface area contributed by atoms with Gasteiger partial charge in [-0.1, -0.05) is 26.0 Å². The average molecular weight is 463 g/mol. The van der Waals surface area contributed by atoms with Gasteiger partial charge in [-0.05, 0) is 55.5 Å². The van der Waals surface area contributed by atoms with Crippen molar-refractivity contribution < 1.29 is 28.5 Å². The van der Waals surface area contributed by atoms with Crippen LogP contribution < -0.4 is 0 Å². The molecule has 0 fully saturated rings. The number of aromatic hydroxyl groups is 1. The molecule has 2 N–H and O–H groups in total. The van der Waals surface area contributed by atoms with Gasteiger partial charge in [0, 0.05) is 33.3 Å². The van der Waals surface area contributed by atoms with Crippen molar-refractivity contribution >= 4 is 16.9 Å². The van der Waals surface area contributed by atoms with Crippen molar-refractivity contribution in [3.8, 4) is 11.4 Å². The Hall–Kier alpha value is -3.71. The summed E-state index contributed by atoms with van der Waals surface area (Å²) in [7, 11) is 0. The smallest absolute Gasteiger partial charge is 0.335 e. The third kappa shape index (κ3) is 3.11. The van der Waals surface area contributed by atoms with Crippen molar-refractivity contribution in [3.05, 3.63) is 94.7 Å². The van der Waals surface area contributed by atoms with Gasteiger partial charge in [0.2, 0.25) is 0 Å². The molecule has 0 saturated heterocycles. The molecule has 1 atom stereocenters. The Balaban J connectivity index is 1.90. The number of fused-ring (bicyclic) bond motifs is 3. The fourth-order valence-electron chi connectivity index (χ4n) is 5.00. The molecule has 0 spiro atoms. The van der Waals surface area contributed by atoms with Crippen LogP contribution in [0.1, 0.15) is 48.0 Å². The lowest BCUT2D eigenvalue weighted by atomic mass is 9.75. The maximum absolute atomic E-state index is 15.3. The quantitative estimate of drug-likeness (QED) is 0.398. The lowest BCUT2D eigenvalue weighted by Crippen LogP contribution is -2.43. The highest BCUT2D eigenvalue weighted by molar-refractivity contribution is 5.94. The second-order valence-electron chi connectivity index (χ2n) is 9.41. The number of benzene rings is 3. The van der Waals surface area contributed by atoms with Gasteiger partial charge in [0.1, 0.15) is 23.0 Å². The Morgan fingerprint density at radius 2 is 1.74 bits per heavy atom. The first-order valence-electron chi connectivity index (χ1n) is 10.8. The van der Waals surface area contributed by atoms with E-state index < -0.39 is 22.8 Å². The molecule has 0 saturated carbocycles. The Labute approximate surface area is 194 Å². The van der Waals surface area contributed by atoms with Crippen LogP contribution in [-0.2, 0) is 15.8 Å². The van der Waals surface area contributed by atoms with Crippen molar-refractivity contribution in [1.29, 1.82) is 0 Å². The molecule has 1 aromatic heterocycles. The number of phenolic OH excluding ortho intramolecular Hbond substituents is 1. The van der Waals surface area contributed by atoms with Crippen molar-refractivity contribution in [1.82, 2.24) is 4.57 Å². The molecule has 1 aliphatic heterocycles. The highest BCUT2D eigenvalue weighted by atomic mass is 19.1. The number of carboxylic acids is 1. The number of hydrogen-bond acceptors (Lipinski definition) is 3. The van der Waals surface area contributed by atoms with Crippen LogP contribution in [-0.4, -0.2) is 27.4 Å². The molecular weight excluding hydrogens is 440 g/mol. The number of aromatic carboxylic acids is 1. The number of ether oxygens (including phenoxy) is 1. The van der Waals surface area contributed by atoms with E-state index in [1.54, 1.807) is 31.2 Å². The van der Waals surface area contributed by atoms with Gasteiger partial charge in [0.15, 0.2) is 0 Å². The summed E-state index contributed by atoms with van der Waals surface area (Å²) in [5.41, 5.74) is 0.865. The summed E-state index contributed by atoms with van der Waals surface area (Å²) in [6.45, 7) is 5.94. The van der Waals surface area contributed by atoms with Gasteiger partial charge in [-0.15, -0.1) is 0 Å². The SMILES string of the molecule is CC1(C)COC(C)(c2ccc(C(=O)O)cc2F)c2c1n(-c1ccc(F)cc1)c1cccc(O)c21. The van der Waals surface area contributed by atoms with Gasteiger partial charge < -0.3 is 19.5 Å². The number of nitrogens with zero attached hydrogens (tertiary/aromatic N) is 1. The van der Waals surface area contributed by atoms with E-state index in [-0.39, 0.29) is 29.3 Å². The second kappa shape index (κ2) is 7.40. The molecule has 0 aliphatic carbocycles. The first kappa shape index (κ1) is 22.1. The minimum Gasteiger partial charge on any atom is -0.507 e. The van der Waals surface area contributed by atoms with E-state index in [1.165, 1.54) is 24.3 Å². The first-order valence-corrected chi connectivity index (χ1v) is 10.8. The van der Waals surface area contributed by atoms with Crippen LogP contribution in [0.3, 0.4) is 0 Å². The summed E-state index contributed by atoms with van der Waals surface area (Å²) in [5.74, 6) is -2.31.